The van der Waals surface area contributed by atoms with Crippen molar-refractivity contribution in [2.45, 2.75) is 32.8 Å². The summed E-state index contributed by atoms with van der Waals surface area (Å²) < 4.78 is 18.1. The molecule has 2 atom stereocenters. The number of rotatable bonds is 6. The van der Waals surface area contributed by atoms with Gasteiger partial charge in [0.25, 0.3) is 5.91 Å². The molecule has 0 bridgehead atoms. The van der Waals surface area contributed by atoms with Crippen LogP contribution in [0, 0.1) is 11.7 Å². The number of hydrogen-bond acceptors (Lipinski definition) is 3. The molecule has 0 saturated carbocycles. The second-order valence-corrected chi connectivity index (χ2v) is 5.20. The molecule has 0 radical (unpaired) electrons. The van der Waals surface area contributed by atoms with Crippen LogP contribution < -0.4 is 10.1 Å². The van der Waals surface area contributed by atoms with E-state index in [1.165, 1.54) is 25.3 Å². The van der Waals surface area contributed by atoms with E-state index in [1.54, 1.807) is 6.92 Å². The monoisotopic (exact) mass is 283 g/mol. The molecule has 1 amide bonds. The van der Waals surface area contributed by atoms with Crippen molar-refractivity contribution in [2.24, 2.45) is 5.92 Å². The first kappa shape index (κ1) is 16.4. The summed E-state index contributed by atoms with van der Waals surface area (Å²) in [6.07, 6.45) is 0.813. The fourth-order valence-electron chi connectivity index (χ4n) is 1.78. The summed E-state index contributed by atoms with van der Waals surface area (Å²) in [4.78, 5) is 12.0. The van der Waals surface area contributed by atoms with Gasteiger partial charge >= 0.3 is 0 Å². The largest absolute Gasteiger partial charge is 0.494 e. The minimum absolute atomic E-state index is 0.0198. The molecule has 0 saturated heterocycles. The van der Waals surface area contributed by atoms with Crippen LogP contribution in [0.5, 0.6) is 5.75 Å². The Kier molecular flexibility index (Phi) is 5.51. The van der Waals surface area contributed by atoms with Crippen LogP contribution in [0.4, 0.5) is 4.39 Å². The predicted octanol–water partition coefficient (Wildman–Crippen LogP) is 2.36. The number of methoxy groups -OCH3 is 1. The van der Waals surface area contributed by atoms with Crippen molar-refractivity contribution in [3.8, 4) is 5.75 Å². The summed E-state index contributed by atoms with van der Waals surface area (Å²) >= 11 is 0. The number of hydrogen-bond donors (Lipinski definition) is 2. The highest BCUT2D eigenvalue weighted by atomic mass is 19.1. The average molecular weight is 283 g/mol. The molecule has 0 aromatic heterocycles. The van der Waals surface area contributed by atoms with E-state index in [4.69, 9.17) is 4.74 Å². The standard InChI is InChI=1S/C15H22FNO3/c1-5-10(2)15(3,19)9-17-14(18)11-6-7-12(16)13(8-11)20-4/h6-8,10,19H,5,9H2,1-4H3,(H,17,18). The molecule has 20 heavy (non-hydrogen) atoms. The van der Waals surface area contributed by atoms with Crippen molar-refractivity contribution >= 4 is 5.91 Å². The number of nitrogens with one attached hydrogen (secondary N) is 1. The Balaban J connectivity index is 2.72. The van der Waals surface area contributed by atoms with Gasteiger partial charge in [0.15, 0.2) is 11.6 Å². The molecule has 0 aliphatic carbocycles. The van der Waals surface area contributed by atoms with Gasteiger partial charge in [-0.1, -0.05) is 20.3 Å². The van der Waals surface area contributed by atoms with E-state index in [0.29, 0.717) is 5.56 Å². The lowest BCUT2D eigenvalue weighted by Gasteiger charge is -2.29. The SMILES string of the molecule is CCC(C)C(C)(O)CNC(=O)c1ccc(F)c(OC)c1. The zero-order chi connectivity index (χ0) is 15.3. The fraction of sp³-hybridized carbons (Fsp3) is 0.533. The third-order valence-corrected chi connectivity index (χ3v) is 3.69. The van der Waals surface area contributed by atoms with Gasteiger partial charge in [-0.15, -0.1) is 0 Å². The first-order chi connectivity index (χ1) is 9.31. The van der Waals surface area contributed by atoms with E-state index in [1.807, 2.05) is 13.8 Å². The van der Waals surface area contributed by atoms with Crippen molar-refractivity contribution in [3.63, 3.8) is 0 Å². The van der Waals surface area contributed by atoms with Gasteiger partial charge < -0.3 is 15.2 Å². The molecular formula is C15H22FNO3. The summed E-state index contributed by atoms with van der Waals surface area (Å²) in [7, 11) is 1.34. The van der Waals surface area contributed by atoms with Crippen molar-refractivity contribution in [3.05, 3.63) is 29.6 Å². The zero-order valence-corrected chi connectivity index (χ0v) is 12.4. The first-order valence-corrected chi connectivity index (χ1v) is 6.66. The van der Waals surface area contributed by atoms with Crippen LogP contribution >= 0.6 is 0 Å². The van der Waals surface area contributed by atoms with Crippen LogP contribution in [0.2, 0.25) is 0 Å². The van der Waals surface area contributed by atoms with Crippen LogP contribution in [0.25, 0.3) is 0 Å². The summed E-state index contributed by atoms with van der Waals surface area (Å²) in [5, 5.41) is 12.9. The highest BCUT2D eigenvalue weighted by Gasteiger charge is 2.27. The molecule has 2 N–H and O–H groups in total. The van der Waals surface area contributed by atoms with Gasteiger partial charge in [-0.25, -0.2) is 4.39 Å². The maximum absolute atomic E-state index is 13.3. The van der Waals surface area contributed by atoms with Gasteiger partial charge in [0.05, 0.1) is 12.7 Å². The Bertz CT molecular complexity index is 474. The number of benzene rings is 1. The van der Waals surface area contributed by atoms with Crippen LogP contribution in [0.3, 0.4) is 0 Å². The summed E-state index contributed by atoms with van der Waals surface area (Å²) in [6, 6.07) is 3.90. The molecule has 2 unspecified atom stereocenters. The second-order valence-electron chi connectivity index (χ2n) is 5.20. The molecule has 4 nitrogen and oxygen atoms in total. The van der Waals surface area contributed by atoms with E-state index in [9.17, 15) is 14.3 Å². The molecule has 0 heterocycles. The normalized spacial score (nSPS) is 15.3. The Hall–Kier alpha value is -1.62. The van der Waals surface area contributed by atoms with E-state index >= 15 is 0 Å². The molecule has 1 aromatic rings. The average Bonchev–Trinajstić information content (AvgIpc) is 2.44. The van der Waals surface area contributed by atoms with Gasteiger partial charge in [-0.05, 0) is 31.0 Å². The minimum atomic E-state index is -0.978. The Labute approximate surface area is 119 Å². The molecular weight excluding hydrogens is 261 g/mol. The van der Waals surface area contributed by atoms with Gasteiger partial charge in [-0.2, -0.15) is 0 Å². The predicted molar refractivity (Wildman–Crippen MR) is 75.4 cm³/mol. The van der Waals surface area contributed by atoms with Gasteiger partial charge in [0, 0.05) is 12.1 Å². The number of ether oxygens (including phenoxy) is 1. The summed E-state index contributed by atoms with van der Waals surface area (Å²) in [5.74, 6) is -0.806. The minimum Gasteiger partial charge on any atom is -0.494 e. The molecule has 1 aromatic carbocycles. The third kappa shape index (κ3) is 3.93. The zero-order valence-electron chi connectivity index (χ0n) is 12.4. The smallest absolute Gasteiger partial charge is 0.251 e. The van der Waals surface area contributed by atoms with Crippen molar-refractivity contribution < 1.29 is 19.0 Å². The molecule has 0 aliphatic heterocycles. The first-order valence-electron chi connectivity index (χ1n) is 6.66. The molecule has 0 aliphatic rings. The maximum atomic E-state index is 13.3. The van der Waals surface area contributed by atoms with E-state index in [-0.39, 0.29) is 24.1 Å². The highest BCUT2D eigenvalue weighted by Crippen LogP contribution is 2.20. The lowest BCUT2D eigenvalue weighted by molar-refractivity contribution is 0.00592. The highest BCUT2D eigenvalue weighted by molar-refractivity contribution is 5.94. The number of carbonyl (C=O) groups excluding carboxylic acids is 1. The van der Waals surface area contributed by atoms with Gasteiger partial charge in [-0.3, -0.25) is 4.79 Å². The third-order valence-electron chi connectivity index (χ3n) is 3.69. The Morgan fingerprint density at radius 1 is 1.55 bits per heavy atom. The van der Waals surface area contributed by atoms with Gasteiger partial charge in [0.2, 0.25) is 0 Å². The summed E-state index contributed by atoms with van der Waals surface area (Å²) in [6.45, 7) is 5.73. The molecule has 1 rings (SSSR count). The van der Waals surface area contributed by atoms with Crippen LogP contribution in [0.15, 0.2) is 18.2 Å². The van der Waals surface area contributed by atoms with Gasteiger partial charge in [0.1, 0.15) is 0 Å². The molecule has 0 fully saturated rings. The quantitative estimate of drug-likeness (QED) is 0.842. The Morgan fingerprint density at radius 2 is 2.20 bits per heavy atom. The lowest BCUT2D eigenvalue weighted by atomic mass is 9.88. The van der Waals surface area contributed by atoms with Crippen LogP contribution in [0.1, 0.15) is 37.6 Å². The second kappa shape index (κ2) is 6.70. The Morgan fingerprint density at radius 3 is 2.75 bits per heavy atom. The number of halogens is 1. The molecule has 112 valence electrons. The van der Waals surface area contributed by atoms with Crippen LogP contribution in [-0.4, -0.2) is 30.3 Å². The van der Waals surface area contributed by atoms with E-state index in [2.05, 4.69) is 5.32 Å². The number of carbonyl (C=O) groups is 1. The topological polar surface area (TPSA) is 58.6 Å². The van der Waals surface area contributed by atoms with Crippen LogP contribution in [-0.2, 0) is 0 Å². The van der Waals surface area contributed by atoms with E-state index < -0.39 is 11.4 Å². The van der Waals surface area contributed by atoms with Crippen molar-refractivity contribution in [1.29, 1.82) is 0 Å². The van der Waals surface area contributed by atoms with Crippen molar-refractivity contribution in [2.75, 3.05) is 13.7 Å². The van der Waals surface area contributed by atoms with E-state index in [0.717, 1.165) is 6.42 Å². The fourth-order valence-corrected chi connectivity index (χ4v) is 1.78. The molecule has 0 spiro atoms. The lowest BCUT2D eigenvalue weighted by Crippen LogP contribution is -2.45. The number of amides is 1. The van der Waals surface area contributed by atoms with Crippen molar-refractivity contribution in [1.82, 2.24) is 5.32 Å². The summed E-state index contributed by atoms with van der Waals surface area (Å²) in [5.41, 5.74) is -0.683. The number of aliphatic hydroxyl groups is 1. The molecule has 5 heteroatoms. The maximum Gasteiger partial charge on any atom is 0.251 e.